The molecule has 1 fully saturated rings. The highest BCUT2D eigenvalue weighted by molar-refractivity contribution is 5.48. The molecule has 0 spiro atoms. The first-order valence-electron chi connectivity index (χ1n) is 8.98. The minimum absolute atomic E-state index is 0.192. The Morgan fingerprint density at radius 1 is 1.35 bits per heavy atom. The van der Waals surface area contributed by atoms with E-state index in [1.165, 1.54) is 19.3 Å². The molecule has 1 aromatic carbocycles. The summed E-state index contributed by atoms with van der Waals surface area (Å²) in [6, 6.07) is 6.91. The molecule has 0 amide bonds. The summed E-state index contributed by atoms with van der Waals surface area (Å²) >= 11 is 0. The number of nitrogens with two attached hydrogens (primary N) is 1. The Morgan fingerprint density at radius 3 is 2.83 bits per heavy atom. The number of benzene rings is 1. The molecule has 2 N–H and O–H groups in total. The molecule has 1 heterocycles. The summed E-state index contributed by atoms with van der Waals surface area (Å²) in [4.78, 5) is 2.53. The van der Waals surface area contributed by atoms with Gasteiger partial charge in [0, 0.05) is 18.2 Å². The van der Waals surface area contributed by atoms with Gasteiger partial charge in [-0.05, 0) is 38.8 Å². The molecule has 0 aromatic heterocycles. The van der Waals surface area contributed by atoms with E-state index >= 15 is 0 Å². The van der Waals surface area contributed by atoms with Crippen LogP contribution < -0.4 is 15.2 Å². The van der Waals surface area contributed by atoms with Crippen LogP contribution in [0.15, 0.2) is 18.2 Å². The van der Waals surface area contributed by atoms with Crippen molar-refractivity contribution in [2.24, 2.45) is 5.73 Å². The Hall–Kier alpha value is -1.26. The van der Waals surface area contributed by atoms with E-state index < -0.39 is 0 Å². The third-order valence-electron chi connectivity index (χ3n) is 4.81. The zero-order chi connectivity index (χ0) is 16.7. The number of nitrogens with zero attached hydrogens (tertiary/aromatic N) is 1. The summed E-state index contributed by atoms with van der Waals surface area (Å²) in [5, 5.41) is 0. The van der Waals surface area contributed by atoms with Gasteiger partial charge in [0.2, 0.25) is 0 Å². The Bertz CT molecular complexity index is 478. The van der Waals surface area contributed by atoms with Crippen LogP contribution in [-0.2, 0) is 0 Å². The number of rotatable bonds is 8. The summed E-state index contributed by atoms with van der Waals surface area (Å²) in [5.74, 6) is 1.68. The van der Waals surface area contributed by atoms with E-state index in [2.05, 4.69) is 24.8 Å². The van der Waals surface area contributed by atoms with Crippen molar-refractivity contribution < 1.29 is 9.47 Å². The van der Waals surface area contributed by atoms with Gasteiger partial charge in [-0.15, -0.1) is 0 Å². The molecule has 0 bridgehead atoms. The van der Waals surface area contributed by atoms with Crippen LogP contribution in [0.25, 0.3) is 0 Å². The molecule has 0 radical (unpaired) electrons. The van der Waals surface area contributed by atoms with Crippen molar-refractivity contribution in [3.05, 3.63) is 23.8 Å². The molecule has 1 aromatic rings. The lowest BCUT2D eigenvalue weighted by Gasteiger charge is -2.40. The molecule has 2 atom stereocenters. The maximum atomic E-state index is 6.18. The van der Waals surface area contributed by atoms with Crippen LogP contribution in [0.1, 0.15) is 57.6 Å². The molecule has 1 aliphatic heterocycles. The molecule has 0 saturated carbocycles. The van der Waals surface area contributed by atoms with Crippen molar-refractivity contribution in [2.45, 2.75) is 58.0 Å². The monoisotopic (exact) mass is 320 g/mol. The smallest absolute Gasteiger partial charge is 0.165 e. The molecular weight excluding hydrogens is 288 g/mol. The fourth-order valence-electron chi connectivity index (χ4n) is 3.45. The largest absolute Gasteiger partial charge is 0.493 e. The Labute approximate surface area is 140 Å². The van der Waals surface area contributed by atoms with Gasteiger partial charge in [-0.3, -0.25) is 4.90 Å². The van der Waals surface area contributed by atoms with Crippen molar-refractivity contribution >= 4 is 0 Å². The third kappa shape index (κ3) is 4.39. The molecule has 23 heavy (non-hydrogen) atoms. The second kappa shape index (κ2) is 9.14. The molecule has 0 aliphatic carbocycles. The maximum absolute atomic E-state index is 6.18. The quantitative estimate of drug-likeness (QED) is 0.741. The minimum atomic E-state index is 0.192. The minimum Gasteiger partial charge on any atom is -0.493 e. The number of ether oxygens (including phenoxy) is 2. The summed E-state index contributed by atoms with van der Waals surface area (Å²) in [6.07, 6.45) is 5.97. The van der Waals surface area contributed by atoms with E-state index in [0.29, 0.717) is 12.6 Å². The zero-order valence-electron chi connectivity index (χ0n) is 14.9. The summed E-state index contributed by atoms with van der Waals surface area (Å²) in [6.45, 7) is 6.90. The lowest BCUT2D eigenvalue weighted by atomic mass is 9.96. The first-order valence-corrected chi connectivity index (χ1v) is 8.98. The summed E-state index contributed by atoms with van der Waals surface area (Å²) < 4.78 is 11.6. The van der Waals surface area contributed by atoms with E-state index in [9.17, 15) is 0 Å². The van der Waals surface area contributed by atoms with Gasteiger partial charge in [0.05, 0.1) is 19.8 Å². The Morgan fingerprint density at radius 2 is 2.17 bits per heavy atom. The first kappa shape index (κ1) is 18.1. The number of likely N-dealkylation sites (tertiary alicyclic amines) is 1. The van der Waals surface area contributed by atoms with Gasteiger partial charge < -0.3 is 15.2 Å². The van der Waals surface area contributed by atoms with Crippen molar-refractivity contribution in [1.29, 1.82) is 0 Å². The van der Waals surface area contributed by atoms with Crippen LogP contribution in [0.2, 0.25) is 0 Å². The van der Waals surface area contributed by atoms with E-state index in [4.69, 9.17) is 15.2 Å². The number of hydrogen-bond acceptors (Lipinski definition) is 4. The van der Waals surface area contributed by atoms with Crippen molar-refractivity contribution in [1.82, 2.24) is 4.90 Å². The SMILES string of the molecule is CCCCOc1c(OC)cccc1C(CN)N1CCCCC1C. The predicted octanol–water partition coefficient (Wildman–Crippen LogP) is 3.75. The number of unbranched alkanes of at least 4 members (excludes halogenated alkanes) is 1. The van der Waals surface area contributed by atoms with E-state index in [-0.39, 0.29) is 6.04 Å². The Kier molecular flexibility index (Phi) is 7.18. The predicted molar refractivity (Wildman–Crippen MR) is 95.2 cm³/mol. The van der Waals surface area contributed by atoms with Gasteiger partial charge in [0.1, 0.15) is 0 Å². The molecule has 130 valence electrons. The maximum Gasteiger partial charge on any atom is 0.165 e. The number of hydrogen-bond donors (Lipinski definition) is 1. The van der Waals surface area contributed by atoms with E-state index in [1.54, 1.807) is 7.11 Å². The molecular formula is C19H32N2O2. The van der Waals surface area contributed by atoms with Crippen LogP contribution in [0.5, 0.6) is 11.5 Å². The topological polar surface area (TPSA) is 47.7 Å². The second-order valence-corrected chi connectivity index (χ2v) is 6.41. The third-order valence-corrected chi connectivity index (χ3v) is 4.81. The standard InChI is InChI=1S/C19H32N2O2/c1-4-5-13-23-19-16(10-8-11-18(19)22-3)17(14-20)21-12-7-6-9-15(21)2/h8,10-11,15,17H,4-7,9,12-14,20H2,1-3H3. The second-order valence-electron chi connectivity index (χ2n) is 6.41. The fourth-order valence-corrected chi connectivity index (χ4v) is 3.45. The summed E-state index contributed by atoms with van der Waals surface area (Å²) in [7, 11) is 1.70. The lowest BCUT2D eigenvalue weighted by Crippen LogP contribution is -2.43. The van der Waals surface area contributed by atoms with Gasteiger partial charge in [0.15, 0.2) is 11.5 Å². The van der Waals surface area contributed by atoms with Gasteiger partial charge in [0.25, 0.3) is 0 Å². The van der Waals surface area contributed by atoms with Crippen LogP contribution in [-0.4, -0.2) is 37.7 Å². The highest BCUT2D eigenvalue weighted by atomic mass is 16.5. The van der Waals surface area contributed by atoms with Crippen LogP contribution in [0.3, 0.4) is 0 Å². The highest BCUT2D eigenvalue weighted by Gasteiger charge is 2.29. The number of para-hydroxylation sites is 1. The molecule has 2 unspecified atom stereocenters. The average molecular weight is 320 g/mol. The molecule has 1 saturated heterocycles. The van der Waals surface area contributed by atoms with Gasteiger partial charge >= 0.3 is 0 Å². The van der Waals surface area contributed by atoms with Crippen LogP contribution >= 0.6 is 0 Å². The highest BCUT2D eigenvalue weighted by Crippen LogP contribution is 2.38. The van der Waals surface area contributed by atoms with Crippen molar-refractivity contribution in [3.8, 4) is 11.5 Å². The Balaban J connectivity index is 2.30. The van der Waals surface area contributed by atoms with Crippen LogP contribution in [0, 0.1) is 0 Å². The first-order chi connectivity index (χ1) is 11.2. The number of methoxy groups -OCH3 is 1. The summed E-state index contributed by atoms with van der Waals surface area (Å²) in [5.41, 5.74) is 7.34. The van der Waals surface area contributed by atoms with Gasteiger partial charge in [-0.25, -0.2) is 0 Å². The fraction of sp³-hybridized carbons (Fsp3) is 0.684. The molecule has 4 nitrogen and oxygen atoms in total. The molecule has 2 rings (SSSR count). The van der Waals surface area contributed by atoms with E-state index in [1.807, 2.05) is 12.1 Å². The molecule has 1 aliphatic rings. The molecule has 4 heteroatoms. The average Bonchev–Trinajstić information content (AvgIpc) is 2.58. The number of piperidine rings is 1. The van der Waals surface area contributed by atoms with Crippen molar-refractivity contribution in [3.63, 3.8) is 0 Å². The van der Waals surface area contributed by atoms with E-state index in [0.717, 1.165) is 43.1 Å². The van der Waals surface area contributed by atoms with Crippen LogP contribution in [0.4, 0.5) is 0 Å². The van der Waals surface area contributed by atoms with Gasteiger partial charge in [-0.1, -0.05) is 31.9 Å². The zero-order valence-corrected chi connectivity index (χ0v) is 14.9. The normalized spacial score (nSPS) is 20.3. The van der Waals surface area contributed by atoms with Gasteiger partial charge in [-0.2, -0.15) is 0 Å². The van der Waals surface area contributed by atoms with Crippen molar-refractivity contribution in [2.75, 3.05) is 26.8 Å². The lowest BCUT2D eigenvalue weighted by molar-refractivity contribution is 0.106.